The van der Waals surface area contributed by atoms with E-state index in [1.807, 2.05) is 18.2 Å². The number of carbonyl (C=O) groups excluding carboxylic acids is 1. The molecule has 0 saturated heterocycles. The minimum absolute atomic E-state index is 0.202. The molecule has 2 N–H and O–H groups in total. The molecule has 1 radical (unpaired) electrons. The number of carbonyl (C=O) groups is 1. The number of nitrogens with two attached hydrogens (primary N) is 1. The first-order chi connectivity index (χ1) is 8.58. The van der Waals surface area contributed by atoms with E-state index >= 15 is 0 Å². The Kier molecular flexibility index (Phi) is 4.46. The van der Waals surface area contributed by atoms with E-state index in [2.05, 4.69) is 47.7 Å². The molecule has 0 fully saturated rings. The summed E-state index contributed by atoms with van der Waals surface area (Å²) in [6.45, 7) is 2.11. The Hall–Kier alpha value is -0.802. The molecule has 4 heteroatoms. The summed E-state index contributed by atoms with van der Waals surface area (Å²) in [7, 11) is 0. The third-order valence-electron chi connectivity index (χ3n) is 2.57. The van der Waals surface area contributed by atoms with Gasteiger partial charge in [0.1, 0.15) is 0 Å². The van der Waals surface area contributed by atoms with Crippen molar-refractivity contribution in [2.45, 2.75) is 6.92 Å². The summed E-state index contributed by atoms with van der Waals surface area (Å²) < 4.78 is 3.63. The molecular formula is C14H12AsINO. The van der Waals surface area contributed by atoms with Crippen molar-refractivity contribution in [2.24, 2.45) is 5.73 Å². The van der Waals surface area contributed by atoms with Crippen LogP contribution in [0.1, 0.15) is 15.9 Å². The van der Waals surface area contributed by atoms with Gasteiger partial charge in [0.05, 0.1) is 0 Å². The Morgan fingerprint density at radius 1 is 1.17 bits per heavy atom. The molecule has 0 aromatic heterocycles. The molecule has 0 bridgehead atoms. The summed E-state index contributed by atoms with van der Waals surface area (Å²) in [5, 5.41) is 0. The van der Waals surface area contributed by atoms with Gasteiger partial charge >= 0.3 is 128 Å². The molecule has 0 atom stereocenters. The van der Waals surface area contributed by atoms with Crippen molar-refractivity contribution < 1.29 is 4.79 Å². The summed E-state index contributed by atoms with van der Waals surface area (Å²) in [4.78, 5) is 11.4. The van der Waals surface area contributed by atoms with Gasteiger partial charge in [-0.05, 0) is 0 Å². The van der Waals surface area contributed by atoms with Crippen LogP contribution < -0.4 is 14.4 Å². The number of hydrogen-bond donors (Lipinski definition) is 1. The van der Waals surface area contributed by atoms with E-state index < -0.39 is 0 Å². The van der Waals surface area contributed by atoms with Crippen molar-refractivity contribution in [3.05, 3.63) is 57.2 Å². The van der Waals surface area contributed by atoms with Gasteiger partial charge in [-0.25, -0.2) is 0 Å². The van der Waals surface area contributed by atoms with E-state index in [-0.39, 0.29) is 21.7 Å². The Morgan fingerprint density at radius 2 is 1.89 bits per heavy atom. The summed E-state index contributed by atoms with van der Waals surface area (Å²) in [5.41, 5.74) is 7.33. The van der Waals surface area contributed by atoms with Crippen LogP contribution >= 0.6 is 22.6 Å². The SMILES string of the molecule is Cc1cc(I)ccc1[As]c1ccccc1C(N)=O. The van der Waals surface area contributed by atoms with E-state index in [0.29, 0.717) is 5.56 Å². The number of benzene rings is 2. The van der Waals surface area contributed by atoms with Crippen LogP contribution in [-0.2, 0) is 0 Å². The van der Waals surface area contributed by atoms with E-state index in [4.69, 9.17) is 5.73 Å². The van der Waals surface area contributed by atoms with Gasteiger partial charge < -0.3 is 0 Å². The Labute approximate surface area is 127 Å². The van der Waals surface area contributed by atoms with E-state index in [0.717, 1.165) is 4.35 Å². The minimum atomic E-state index is -0.343. The van der Waals surface area contributed by atoms with Crippen molar-refractivity contribution in [1.29, 1.82) is 0 Å². The van der Waals surface area contributed by atoms with Gasteiger partial charge in [0.25, 0.3) is 0 Å². The van der Waals surface area contributed by atoms with Gasteiger partial charge in [-0.15, -0.1) is 0 Å². The second-order valence-electron chi connectivity index (χ2n) is 3.92. The van der Waals surface area contributed by atoms with Crippen LogP contribution in [0.15, 0.2) is 42.5 Å². The number of hydrogen-bond acceptors (Lipinski definition) is 1. The van der Waals surface area contributed by atoms with E-state index in [1.165, 1.54) is 13.5 Å². The fraction of sp³-hybridized carbons (Fsp3) is 0.0714. The first-order valence-corrected chi connectivity index (χ1v) is 8.40. The molecule has 91 valence electrons. The molecule has 2 rings (SSSR count). The van der Waals surface area contributed by atoms with Crippen LogP contribution in [0.3, 0.4) is 0 Å². The van der Waals surface area contributed by atoms with E-state index in [1.54, 1.807) is 6.07 Å². The average Bonchev–Trinajstić information content (AvgIpc) is 2.33. The average molecular weight is 412 g/mol. The van der Waals surface area contributed by atoms with Crippen LogP contribution in [0.2, 0.25) is 0 Å². The second-order valence-corrected chi connectivity index (χ2v) is 7.66. The molecule has 0 aliphatic carbocycles. The van der Waals surface area contributed by atoms with Gasteiger partial charge in [-0.1, -0.05) is 0 Å². The Bertz CT molecular complexity index is 598. The molecule has 0 aliphatic rings. The number of amides is 1. The van der Waals surface area contributed by atoms with Crippen LogP contribution in [0.5, 0.6) is 0 Å². The first-order valence-electron chi connectivity index (χ1n) is 5.44. The third kappa shape index (κ3) is 3.15. The maximum absolute atomic E-state index is 11.4. The number of aryl methyl sites for hydroxylation is 1. The normalized spacial score (nSPS) is 11.0. The van der Waals surface area contributed by atoms with Crippen molar-refractivity contribution >= 4 is 53.0 Å². The number of halogens is 1. The summed E-state index contributed by atoms with van der Waals surface area (Å²) in [5.74, 6) is -0.343. The van der Waals surface area contributed by atoms with Crippen molar-refractivity contribution in [3.8, 4) is 0 Å². The molecule has 2 aromatic rings. The topological polar surface area (TPSA) is 43.1 Å². The van der Waals surface area contributed by atoms with Gasteiger partial charge in [0.15, 0.2) is 0 Å². The summed E-state index contributed by atoms with van der Waals surface area (Å²) >= 11 is 2.10. The molecule has 2 nitrogen and oxygen atoms in total. The molecule has 0 spiro atoms. The van der Waals surface area contributed by atoms with Gasteiger partial charge in [0, 0.05) is 0 Å². The molecule has 2 aromatic carbocycles. The van der Waals surface area contributed by atoms with Gasteiger partial charge in [-0.3, -0.25) is 0 Å². The second kappa shape index (κ2) is 5.89. The third-order valence-corrected chi connectivity index (χ3v) is 6.12. The molecule has 0 aliphatic heterocycles. The maximum atomic E-state index is 11.4. The fourth-order valence-electron chi connectivity index (χ4n) is 1.65. The van der Waals surface area contributed by atoms with Crippen LogP contribution in [0.25, 0.3) is 0 Å². The number of rotatable bonds is 3. The molecule has 18 heavy (non-hydrogen) atoms. The van der Waals surface area contributed by atoms with E-state index in [9.17, 15) is 4.79 Å². The Balaban J connectivity index is 2.37. The van der Waals surface area contributed by atoms with Gasteiger partial charge in [-0.2, -0.15) is 0 Å². The Morgan fingerprint density at radius 3 is 2.56 bits per heavy atom. The number of primary amides is 1. The summed E-state index contributed by atoms with van der Waals surface area (Å²) in [6.07, 6.45) is 0. The molecular weight excluding hydrogens is 400 g/mol. The van der Waals surface area contributed by atoms with Crippen molar-refractivity contribution in [3.63, 3.8) is 0 Å². The van der Waals surface area contributed by atoms with Crippen molar-refractivity contribution in [2.75, 3.05) is 0 Å². The molecule has 0 unspecified atom stereocenters. The van der Waals surface area contributed by atoms with Crippen LogP contribution in [0.4, 0.5) is 0 Å². The molecule has 0 saturated carbocycles. The first kappa shape index (κ1) is 13.6. The molecule has 0 heterocycles. The predicted molar refractivity (Wildman–Crippen MR) is 83.9 cm³/mol. The monoisotopic (exact) mass is 412 g/mol. The zero-order valence-corrected chi connectivity index (χ0v) is 13.9. The standard InChI is InChI=1S/C14H12AsINO/c1-9-8-10(16)6-7-12(9)15-13-5-3-2-4-11(13)14(17)18/h2-8H,1H3,(H2,17,18). The van der Waals surface area contributed by atoms with Crippen LogP contribution in [-0.4, -0.2) is 21.7 Å². The predicted octanol–water partition coefficient (Wildman–Crippen LogP) is 1.35. The van der Waals surface area contributed by atoms with Gasteiger partial charge in [0.2, 0.25) is 0 Å². The zero-order chi connectivity index (χ0) is 13.1. The van der Waals surface area contributed by atoms with Crippen molar-refractivity contribution in [1.82, 2.24) is 0 Å². The quantitative estimate of drug-likeness (QED) is 0.601. The van der Waals surface area contributed by atoms with Crippen LogP contribution in [0, 0.1) is 10.5 Å². The molecule has 1 amide bonds. The fourth-order valence-corrected chi connectivity index (χ4v) is 4.64. The summed E-state index contributed by atoms with van der Waals surface area (Å²) in [6, 6.07) is 14.0. The zero-order valence-electron chi connectivity index (χ0n) is 9.85.